The molecule has 1 aromatic carbocycles. The van der Waals surface area contributed by atoms with Crippen molar-refractivity contribution in [2.45, 2.75) is 13.8 Å². The van der Waals surface area contributed by atoms with Crippen molar-refractivity contribution < 1.29 is 14.3 Å². The van der Waals surface area contributed by atoms with Gasteiger partial charge in [-0.25, -0.2) is 4.98 Å². The van der Waals surface area contributed by atoms with Gasteiger partial charge in [-0.3, -0.25) is 15.1 Å². The highest BCUT2D eigenvalue weighted by atomic mass is 32.1. The molecule has 0 aliphatic carbocycles. The topological polar surface area (TPSA) is 73.3 Å². The van der Waals surface area contributed by atoms with Crippen LogP contribution in [0, 0.1) is 13.8 Å². The molecular weight excluding hydrogens is 362 g/mol. The van der Waals surface area contributed by atoms with E-state index in [4.69, 9.17) is 9.47 Å². The third-order valence-electron chi connectivity index (χ3n) is 4.08. The van der Waals surface area contributed by atoms with Gasteiger partial charge >= 0.3 is 0 Å². The van der Waals surface area contributed by atoms with Gasteiger partial charge < -0.3 is 9.47 Å². The molecule has 2 heterocycles. The van der Waals surface area contributed by atoms with Crippen LogP contribution in [0.3, 0.4) is 0 Å². The molecule has 0 bridgehead atoms. The molecular formula is C20H21N3O3S. The molecule has 1 N–H and O–H groups in total. The molecule has 0 aliphatic rings. The Morgan fingerprint density at radius 2 is 1.93 bits per heavy atom. The number of aromatic nitrogens is 2. The molecule has 0 radical (unpaired) electrons. The van der Waals surface area contributed by atoms with Crippen molar-refractivity contribution in [2.75, 3.05) is 25.6 Å². The molecule has 0 fully saturated rings. The highest BCUT2D eigenvalue weighted by molar-refractivity contribution is 7.14. The number of ether oxygens (including phenoxy) is 2. The van der Waals surface area contributed by atoms with E-state index in [0.29, 0.717) is 23.9 Å². The molecule has 27 heavy (non-hydrogen) atoms. The third kappa shape index (κ3) is 4.50. The Hall–Kier alpha value is -2.77. The number of thiazole rings is 1. The smallest absolute Gasteiger partial charge is 0.257 e. The van der Waals surface area contributed by atoms with Crippen LogP contribution in [0.4, 0.5) is 5.13 Å². The molecule has 0 saturated carbocycles. The Kier molecular flexibility index (Phi) is 6.16. The van der Waals surface area contributed by atoms with E-state index < -0.39 is 0 Å². The number of nitrogens with zero attached hydrogens (tertiary/aromatic N) is 2. The van der Waals surface area contributed by atoms with Crippen LogP contribution in [-0.4, -0.2) is 36.2 Å². The Balaban J connectivity index is 1.80. The predicted molar refractivity (Wildman–Crippen MR) is 107 cm³/mol. The lowest BCUT2D eigenvalue weighted by atomic mass is 10.0. The van der Waals surface area contributed by atoms with E-state index in [-0.39, 0.29) is 5.91 Å². The minimum absolute atomic E-state index is 0.206. The summed E-state index contributed by atoms with van der Waals surface area (Å²) in [6.07, 6.45) is 3.17. The van der Waals surface area contributed by atoms with Crippen LogP contribution in [0.2, 0.25) is 0 Å². The van der Waals surface area contributed by atoms with Gasteiger partial charge in [-0.05, 0) is 31.5 Å². The average Bonchev–Trinajstić information content (AvgIpc) is 3.13. The fraction of sp³-hybridized carbons (Fsp3) is 0.250. The lowest BCUT2D eigenvalue weighted by Crippen LogP contribution is -2.11. The van der Waals surface area contributed by atoms with Gasteiger partial charge in [0, 0.05) is 41.6 Å². The summed E-state index contributed by atoms with van der Waals surface area (Å²) in [7, 11) is 1.65. The lowest BCUT2D eigenvalue weighted by molar-refractivity contribution is 0.102. The van der Waals surface area contributed by atoms with Crippen molar-refractivity contribution >= 4 is 22.4 Å². The molecule has 6 nitrogen and oxygen atoms in total. The minimum Gasteiger partial charge on any atom is -0.491 e. The molecule has 7 heteroatoms. The first-order chi connectivity index (χ1) is 13.1. The molecule has 0 aliphatic heterocycles. The quantitative estimate of drug-likeness (QED) is 0.622. The minimum atomic E-state index is -0.206. The highest BCUT2D eigenvalue weighted by Gasteiger charge is 2.14. The van der Waals surface area contributed by atoms with Crippen LogP contribution >= 0.6 is 11.3 Å². The largest absolute Gasteiger partial charge is 0.491 e. The Labute approximate surface area is 162 Å². The number of nitrogens with one attached hydrogen (secondary N) is 1. The van der Waals surface area contributed by atoms with Gasteiger partial charge in [-0.15, -0.1) is 11.3 Å². The second-order valence-electron chi connectivity index (χ2n) is 5.95. The van der Waals surface area contributed by atoms with Gasteiger partial charge in [0.2, 0.25) is 0 Å². The van der Waals surface area contributed by atoms with E-state index in [1.165, 1.54) is 11.3 Å². The summed E-state index contributed by atoms with van der Waals surface area (Å²) in [5.41, 5.74) is 4.41. The summed E-state index contributed by atoms with van der Waals surface area (Å²) in [4.78, 5) is 20.8. The van der Waals surface area contributed by atoms with E-state index in [0.717, 1.165) is 28.1 Å². The maximum absolute atomic E-state index is 12.3. The fourth-order valence-electron chi connectivity index (χ4n) is 2.68. The molecule has 2 aromatic heterocycles. The Bertz CT molecular complexity index is 925. The summed E-state index contributed by atoms with van der Waals surface area (Å²) in [5, 5.41) is 5.31. The fourth-order valence-corrected chi connectivity index (χ4v) is 3.39. The number of amides is 1. The van der Waals surface area contributed by atoms with Gasteiger partial charge in [-0.1, -0.05) is 12.1 Å². The third-order valence-corrected chi connectivity index (χ3v) is 4.84. The Morgan fingerprint density at radius 1 is 1.15 bits per heavy atom. The first-order valence-corrected chi connectivity index (χ1v) is 9.37. The SMILES string of the molecule is COCCOc1c(C)ccc(-c2csc(NC(=O)c3ccncc3)n2)c1C. The second-order valence-corrected chi connectivity index (χ2v) is 6.81. The molecule has 0 spiro atoms. The van der Waals surface area contributed by atoms with Crippen molar-refractivity contribution in [3.63, 3.8) is 0 Å². The second kappa shape index (κ2) is 8.75. The number of pyridine rings is 1. The number of carbonyl (C=O) groups is 1. The summed E-state index contributed by atoms with van der Waals surface area (Å²) in [6.45, 7) is 5.05. The maximum atomic E-state index is 12.3. The molecule has 3 aromatic rings. The zero-order valence-electron chi connectivity index (χ0n) is 15.5. The van der Waals surface area contributed by atoms with E-state index in [9.17, 15) is 4.79 Å². The van der Waals surface area contributed by atoms with Gasteiger partial charge in [-0.2, -0.15) is 0 Å². The molecule has 140 valence electrons. The van der Waals surface area contributed by atoms with E-state index in [2.05, 4.69) is 15.3 Å². The average molecular weight is 383 g/mol. The predicted octanol–water partition coefficient (Wildman–Crippen LogP) is 4.10. The number of methoxy groups -OCH3 is 1. The van der Waals surface area contributed by atoms with Crippen LogP contribution in [0.15, 0.2) is 42.0 Å². The number of rotatable bonds is 7. The van der Waals surface area contributed by atoms with Gasteiger partial charge in [0.15, 0.2) is 5.13 Å². The van der Waals surface area contributed by atoms with Crippen molar-refractivity contribution in [1.82, 2.24) is 9.97 Å². The Morgan fingerprint density at radius 3 is 2.67 bits per heavy atom. The number of carbonyl (C=O) groups excluding carboxylic acids is 1. The lowest BCUT2D eigenvalue weighted by Gasteiger charge is -2.14. The van der Waals surface area contributed by atoms with Crippen LogP contribution in [-0.2, 0) is 4.74 Å². The van der Waals surface area contributed by atoms with E-state index in [1.54, 1.807) is 31.6 Å². The monoisotopic (exact) mass is 383 g/mol. The van der Waals surface area contributed by atoms with Crippen molar-refractivity contribution in [3.8, 4) is 17.0 Å². The van der Waals surface area contributed by atoms with Crippen LogP contribution < -0.4 is 10.1 Å². The van der Waals surface area contributed by atoms with Crippen LogP contribution in [0.5, 0.6) is 5.75 Å². The highest BCUT2D eigenvalue weighted by Crippen LogP contribution is 2.34. The summed E-state index contributed by atoms with van der Waals surface area (Å²) in [5.74, 6) is 0.641. The van der Waals surface area contributed by atoms with Gasteiger partial charge in [0.1, 0.15) is 12.4 Å². The summed E-state index contributed by atoms with van der Waals surface area (Å²) in [6, 6.07) is 7.37. The van der Waals surface area contributed by atoms with Gasteiger partial charge in [0.05, 0.1) is 12.3 Å². The molecule has 0 atom stereocenters. The van der Waals surface area contributed by atoms with E-state index in [1.807, 2.05) is 31.4 Å². The molecule has 0 saturated heterocycles. The van der Waals surface area contributed by atoms with Crippen LogP contribution in [0.25, 0.3) is 11.3 Å². The number of aryl methyl sites for hydroxylation is 1. The number of anilines is 1. The zero-order chi connectivity index (χ0) is 19.2. The normalized spacial score (nSPS) is 10.6. The first-order valence-electron chi connectivity index (χ1n) is 8.49. The maximum Gasteiger partial charge on any atom is 0.257 e. The zero-order valence-corrected chi connectivity index (χ0v) is 16.3. The number of benzene rings is 1. The molecule has 3 rings (SSSR count). The van der Waals surface area contributed by atoms with Crippen molar-refractivity contribution in [2.24, 2.45) is 0 Å². The van der Waals surface area contributed by atoms with Gasteiger partial charge in [0.25, 0.3) is 5.91 Å². The van der Waals surface area contributed by atoms with E-state index >= 15 is 0 Å². The van der Waals surface area contributed by atoms with Crippen molar-refractivity contribution in [3.05, 3.63) is 58.7 Å². The van der Waals surface area contributed by atoms with Crippen molar-refractivity contribution in [1.29, 1.82) is 0 Å². The number of hydrogen-bond acceptors (Lipinski definition) is 6. The molecule has 0 unspecified atom stereocenters. The molecule has 1 amide bonds. The standard InChI is InChI=1S/C20H21N3O3S/c1-13-4-5-16(14(2)18(13)26-11-10-25-3)17-12-27-20(22-17)23-19(24)15-6-8-21-9-7-15/h4-9,12H,10-11H2,1-3H3,(H,22,23,24). The summed E-state index contributed by atoms with van der Waals surface area (Å²) < 4.78 is 10.9. The number of hydrogen-bond donors (Lipinski definition) is 1. The van der Waals surface area contributed by atoms with Crippen LogP contribution in [0.1, 0.15) is 21.5 Å². The first kappa shape index (κ1) is 19.0. The summed E-state index contributed by atoms with van der Waals surface area (Å²) >= 11 is 1.39.